The number of carbonyl (C=O) groups is 3. The van der Waals surface area contributed by atoms with Crippen LogP contribution in [0.5, 0.6) is 5.75 Å². The third-order valence-electron chi connectivity index (χ3n) is 4.98. The van der Waals surface area contributed by atoms with Gasteiger partial charge in [-0.25, -0.2) is 4.79 Å². The predicted molar refractivity (Wildman–Crippen MR) is 106 cm³/mol. The van der Waals surface area contributed by atoms with E-state index in [0.717, 1.165) is 0 Å². The number of fused-ring (bicyclic) bond motifs is 1. The van der Waals surface area contributed by atoms with E-state index >= 15 is 0 Å². The zero-order valence-corrected chi connectivity index (χ0v) is 16.9. The molecule has 0 radical (unpaired) electrons. The number of benzene rings is 1. The highest BCUT2D eigenvalue weighted by Crippen LogP contribution is 2.30. The van der Waals surface area contributed by atoms with E-state index in [1.165, 1.54) is 6.07 Å². The number of nitrogens with one attached hydrogen (secondary N) is 1. The maximum absolute atomic E-state index is 12.5. The molecule has 10 heteroatoms. The van der Waals surface area contributed by atoms with E-state index in [1.807, 2.05) is 13.8 Å². The number of amides is 2. The van der Waals surface area contributed by atoms with Crippen molar-refractivity contribution >= 4 is 17.8 Å². The number of hydrogen-bond donors (Lipinski definition) is 6. The predicted octanol–water partition coefficient (Wildman–Crippen LogP) is -1.07. The molecule has 0 saturated heterocycles. The fourth-order valence-corrected chi connectivity index (χ4v) is 3.49. The molecule has 8 N–H and O–H groups in total. The molecule has 1 aliphatic rings. The zero-order chi connectivity index (χ0) is 22.6. The van der Waals surface area contributed by atoms with Crippen LogP contribution in [0.15, 0.2) is 18.2 Å². The summed E-state index contributed by atoms with van der Waals surface area (Å²) in [4.78, 5) is 35.8. The second-order valence-corrected chi connectivity index (χ2v) is 7.97. The van der Waals surface area contributed by atoms with E-state index in [-0.39, 0.29) is 23.7 Å². The Bertz CT molecular complexity index is 799. The lowest BCUT2D eigenvalue weighted by Gasteiger charge is -2.34. The molecule has 0 aromatic heterocycles. The second kappa shape index (κ2) is 9.88. The number of rotatable bonds is 9. The Morgan fingerprint density at radius 1 is 1.30 bits per heavy atom. The largest absolute Gasteiger partial charge is 0.507 e. The Balaban J connectivity index is 2.15. The lowest BCUT2D eigenvalue weighted by molar-refractivity contribution is -0.138. The van der Waals surface area contributed by atoms with Gasteiger partial charge in [-0.1, -0.05) is 26.0 Å². The standard InChI is InChI=1S/C20H29N3O7/c1-9(2)6-12(23-19(28)18(27)17(26)11(21)8-15(22)25)14-7-10-4-3-5-13(24)16(10)20(29)30-14/h3-5,9,11-12,14,17-18,24,26-27H,6-8,21H2,1-2H3,(H2,22,25)(H,23,28)/t11-,12-,14+,17-,18+/m1/s1. The number of primary amides is 1. The van der Waals surface area contributed by atoms with Gasteiger partial charge in [-0.2, -0.15) is 0 Å². The van der Waals surface area contributed by atoms with E-state index in [4.69, 9.17) is 16.2 Å². The van der Waals surface area contributed by atoms with Crippen LogP contribution in [0.4, 0.5) is 0 Å². The summed E-state index contributed by atoms with van der Waals surface area (Å²) in [5.74, 6) is -2.46. The van der Waals surface area contributed by atoms with Crippen LogP contribution >= 0.6 is 0 Å². The summed E-state index contributed by atoms with van der Waals surface area (Å²) in [5, 5.41) is 32.7. The first-order valence-corrected chi connectivity index (χ1v) is 9.73. The summed E-state index contributed by atoms with van der Waals surface area (Å²) in [6.45, 7) is 3.83. The summed E-state index contributed by atoms with van der Waals surface area (Å²) in [5.41, 5.74) is 11.3. The molecule has 2 amide bonds. The van der Waals surface area contributed by atoms with Crippen molar-refractivity contribution in [3.05, 3.63) is 29.3 Å². The third-order valence-corrected chi connectivity index (χ3v) is 4.98. The monoisotopic (exact) mass is 423 g/mol. The maximum Gasteiger partial charge on any atom is 0.342 e. The molecule has 2 rings (SSSR count). The first-order chi connectivity index (χ1) is 14.0. The van der Waals surface area contributed by atoms with E-state index in [0.29, 0.717) is 12.0 Å². The molecule has 5 atom stereocenters. The fraction of sp³-hybridized carbons (Fsp3) is 0.550. The van der Waals surface area contributed by atoms with Crippen LogP contribution < -0.4 is 16.8 Å². The Labute approximate surface area is 174 Å². The number of aliphatic hydroxyl groups excluding tert-OH is 2. The van der Waals surface area contributed by atoms with Crippen LogP contribution in [-0.4, -0.2) is 63.5 Å². The lowest BCUT2D eigenvalue weighted by atomic mass is 9.90. The molecule has 0 spiro atoms. The van der Waals surface area contributed by atoms with Crippen molar-refractivity contribution < 1.29 is 34.4 Å². The molecule has 1 aliphatic heterocycles. The highest BCUT2D eigenvalue weighted by molar-refractivity contribution is 5.95. The Morgan fingerprint density at radius 3 is 2.57 bits per heavy atom. The summed E-state index contributed by atoms with van der Waals surface area (Å²) in [7, 11) is 0. The molecule has 0 aliphatic carbocycles. The first-order valence-electron chi connectivity index (χ1n) is 9.73. The Morgan fingerprint density at radius 2 is 1.97 bits per heavy atom. The minimum atomic E-state index is -1.90. The van der Waals surface area contributed by atoms with Crippen molar-refractivity contribution in [2.45, 2.75) is 63.5 Å². The van der Waals surface area contributed by atoms with Gasteiger partial charge in [-0.3, -0.25) is 9.59 Å². The number of phenolic OH excluding ortho intramolecular Hbond substituents is 1. The maximum atomic E-state index is 12.5. The minimum Gasteiger partial charge on any atom is -0.507 e. The molecule has 1 heterocycles. The zero-order valence-electron chi connectivity index (χ0n) is 16.9. The molecule has 1 aromatic rings. The number of carbonyl (C=O) groups excluding carboxylic acids is 3. The Kier molecular flexibility index (Phi) is 7.77. The molecule has 166 valence electrons. The normalized spacial score (nSPS) is 19.9. The quantitative estimate of drug-likeness (QED) is 0.271. The van der Waals surface area contributed by atoms with Crippen LogP contribution in [0, 0.1) is 5.92 Å². The number of esters is 1. The molecule has 0 unspecified atom stereocenters. The van der Waals surface area contributed by atoms with E-state index in [2.05, 4.69) is 5.32 Å². The molecule has 1 aromatic carbocycles. The number of ether oxygens (including phenoxy) is 1. The minimum absolute atomic E-state index is 0.0938. The van der Waals surface area contributed by atoms with Crippen molar-refractivity contribution in [3.8, 4) is 5.75 Å². The van der Waals surface area contributed by atoms with Crippen LogP contribution in [-0.2, 0) is 20.7 Å². The first kappa shape index (κ1) is 23.6. The number of hydrogen-bond acceptors (Lipinski definition) is 8. The average Bonchev–Trinajstić information content (AvgIpc) is 2.65. The average molecular weight is 423 g/mol. The van der Waals surface area contributed by atoms with Crippen LogP contribution in [0.25, 0.3) is 0 Å². The number of aromatic hydroxyl groups is 1. The van der Waals surface area contributed by atoms with Gasteiger partial charge in [0.2, 0.25) is 5.91 Å². The number of phenols is 1. The van der Waals surface area contributed by atoms with Gasteiger partial charge in [0.15, 0.2) is 6.10 Å². The van der Waals surface area contributed by atoms with Crippen LogP contribution in [0.2, 0.25) is 0 Å². The summed E-state index contributed by atoms with van der Waals surface area (Å²) in [6.07, 6.45) is -4.06. The summed E-state index contributed by atoms with van der Waals surface area (Å²) >= 11 is 0. The van der Waals surface area contributed by atoms with Crippen LogP contribution in [0.3, 0.4) is 0 Å². The third kappa shape index (κ3) is 5.68. The number of nitrogens with two attached hydrogens (primary N) is 2. The number of cyclic esters (lactones) is 1. The van der Waals surface area contributed by atoms with Gasteiger partial charge in [0.1, 0.15) is 23.5 Å². The van der Waals surface area contributed by atoms with Gasteiger partial charge >= 0.3 is 5.97 Å². The molecule has 0 bridgehead atoms. The van der Waals surface area contributed by atoms with E-state index < -0.39 is 54.6 Å². The molecule has 30 heavy (non-hydrogen) atoms. The Hall–Kier alpha value is -2.69. The van der Waals surface area contributed by atoms with Crippen LogP contribution in [0.1, 0.15) is 42.6 Å². The smallest absolute Gasteiger partial charge is 0.342 e. The molecular weight excluding hydrogens is 394 g/mol. The molecule has 0 fully saturated rings. The van der Waals surface area contributed by atoms with Gasteiger partial charge in [-0.05, 0) is 24.0 Å². The van der Waals surface area contributed by atoms with Crippen molar-refractivity contribution in [1.82, 2.24) is 5.32 Å². The SMILES string of the molecule is CC(C)C[C@@H](NC(=O)[C@@H](O)[C@H](O)[C@H](N)CC(N)=O)[C@@H]1Cc2cccc(O)c2C(=O)O1. The van der Waals surface area contributed by atoms with Gasteiger partial charge in [0.05, 0.1) is 6.04 Å². The van der Waals surface area contributed by atoms with Crippen molar-refractivity contribution in [3.63, 3.8) is 0 Å². The van der Waals surface area contributed by atoms with Crippen molar-refractivity contribution in [2.24, 2.45) is 17.4 Å². The summed E-state index contributed by atoms with van der Waals surface area (Å²) < 4.78 is 5.45. The van der Waals surface area contributed by atoms with E-state index in [9.17, 15) is 29.7 Å². The van der Waals surface area contributed by atoms with Crippen molar-refractivity contribution in [1.29, 1.82) is 0 Å². The summed E-state index contributed by atoms with van der Waals surface area (Å²) in [6, 6.07) is 2.82. The van der Waals surface area contributed by atoms with Gasteiger partial charge in [-0.15, -0.1) is 0 Å². The van der Waals surface area contributed by atoms with Crippen molar-refractivity contribution in [2.75, 3.05) is 0 Å². The van der Waals surface area contributed by atoms with E-state index in [1.54, 1.807) is 12.1 Å². The highest BCUT2D eigenvalue weighted by Gasteiger charge is 2.37. The van der Waals surface area contributed by atoms with Gasteiger partial charge in [0, 0.05) is 18.9 Å². The highest BCUT2D eigenvalue weighted by atomic mass is 16.5. The lowest BCUT2D eigenvalue weighted by Crippen LogP contribution is -2.56. The molecule has 10 nitrogen and oxygen atoms in total. The topological polar surface area (TPSA) is 185 Å². The van der Waals surface area contributed by atoms with Gasteiger partial charge < -0.3 is 36.8 Å². The molecular formula is C20H29N3O7. The molecule has 0 saturated carbocycles. The fourth-order valence-electron chi connectivity index (χ4n) is 3.49. The van der Waals surface area contributed by atoms with Gasteiger partial charge in [0.25, 0.3) is 5.91 Å². The number of aliphatic hydroxyl groups is 2. The second-order valence-electron chi connectivity index (χ2n) is 7.97.